The Morgan fingerprint density at radius 1 is 1.04 bits per heavy atom. The molecular weight excluding hydrogens is 362 g/mol. The first kappa shape index (κ1) is 31.2. The van der Waals surface area contributed by atoms with Crippen molar-refractivity contribution in [1.82, 2.24) is 0 Å². The van der Waals surface area contributed by atoms with Crippen molar-refractivity contribution < 1.29 is 40.8 Å². The fourth-order valence-electron chi connectivity index (χ4n) is 1.99. The van der Waals surface area contributed by atoms with Crippen LogP contribution in [0.25, 0.3) is 0 Å². The SMILES string of the molecule is COCN(C(=O)C(C)(C)C)c1c(C)cccc1C.[C-]#[O+].[C-]#[O+].[C-]#[O+].[Cr]. The molecule has 0 fully saturated rings. The Bertz CT molecular complexity index is 524. The van der Waals surface area contributed by atoms with Gasteiger partial charge in [0.25, 0.3) is 0 Å². The number of hydrogen-bond acceptors (Lipinski definition) is 2. The summed E-state index contributed by atoms with van der Waals surface area (Å²) >= 11 is 0. The van der Waals surface area contributed by atoms with Gasteiger partial charge < -0.3 is 4.74 Å². The van der Waals surface area contributed by atoms with Crippen LogP contribution >= 0.6 is 0 Å². The Kier molecular flexibility index (Phi) is 21.5. The molecular formula is C18H23CrNO5. The van der Waals surface area contributed by atoms with Crippen LogP contribution < -0.4 is 4.90 Å². The van der Waals surface area contributed by atoms with Crippen molar-refractivity contribution in [2.24, 2.45) is 5.41 Å². The predicted octanol–water partition coefficient (Wildman–Crippen LogP) is 3.17. The van der Waals surface area contributed by atoms with E-state index in [-0.39, 0.29) is 30.0 Å². The summed E-state index contributed by atoms with van der Waals surface area (Å²) < 4.78 is 27.7. The van der Waals surface area contributed by atoms with E-state index in [4.69, 9.17) is 18.7 Å². The standard InChI is InChI=1S/C15H23NO2.3CO.Cr/c1-11-8-7-9-12(2)13(11)16(10-18-6)14(17)15(3,4)5;3*1-2;/h7-9H,10H2,1-6H3;;;;. The fourth-order valence-corrected chi connectivity index (χ4v) is 1.99. The molecule has 1 aromatic rings. The second-order valence-electron chi connectivity index (χ2n) is 5.64. The molecule has 0 N–H and O–H groups in total. The van der Waals surface area contributed by atoms with Gasteiger partial charge in [0.05, 0.1) is 5.69 Å². The molecule has 136 valence electrons. The van der Waals surface area contributed by atoms with E-state index in [0.717, 1.165) is 16.8 Å². The quantitative estimate of drug-likeness (QED) is 0.454. The molecule has 0 atom stereocenters. The number of para-hydroxylation sites is 1. The second kappa shape index (κ2) is 17.2. The minimum Gasteiger partial charge on any atom is 0 e. The van der Waals surface area contributed by atoms with E-state index >= 15 is 0 Å². The Morgan fingerprint density at radius 2 is 1.40 bits per heavy atom. The normalized spacial score (nSPS) is 8.48. The Labute approximate surface area is 160 Å². The molecule has 0 saturated heterocycles. The van der Waals surface area contributed by atoms with Crippen LogP contribution in [0.3, 0.4) is 0 Å². The fraction of sp³-hybridized carbons (Fsp3) is 0.444. The van der Waals surface area contributed by atoms with Gasteiger partial charge in [-0.3, -0.25) is 9.69 Å². The molecule has 6 nitrogen and oxygen atoms in total. The third kappa shape index (κ3) is 10.8. The van der Waals surface area contributed by atoms with Gasteiger partial charge >= 0.3 is 33.9 Å². The summed E-state index contributed by atoms with van der Waals surface area (Å²) in [7, 11) is 1.61. The summed E-state index contributed by atoms with van der Waals surface area (Å²) in [6, 6.07) is 6.03. The molecule has 0 aliphatic heterocycles. The average molecular weight is 385 g/mol. The molecule has 1 rings (SSSR count). The number of amides is 1. The average Bonchev–Trinajstić information content (AvgIpc) is 2.58. The van der Waals surface area contributed by atoms with Gasteiger partial charge in [-0.05, 0) is 25.0 Å². The van der Waals surface area contributed by atoms with Crippen LogP contribution in [0.1, 0.15) is 31.9 Å². The topological polar surface area (TPSA) is 89.2 Å². The van der Waals surface area contributed by atoms with E-state index in [2.05, 4.69) is 20.0 Å². The van der Waals surface area contributed by atoms with Gasteiger partial charge in [-0.25, -0.2) is 0 Å². The zero-order chi connectivity index (χ0) is 19.9. The minimum absolute atomic E-state index is 0. The second-order valence-corrected chi connectivity index (χ2v) is 5.64. The van der Waals surface area contributed by atoms with Crippen LogP contribution in [0.5, 0.6) is 0 Å². The molecule has 25 heavy (non-hydrogen) atoms. The number of aryl methyl sites for hydroxylation is 2. The number of hydrogen-bond donors (Lipinski definition) is 0. The van der Waals surface area contributed by atoms with Crippen molar-refractivity contribution in [2.45, 2.75) is 34.6 Å². The van der Waals surface area contributed by atoms with Crippen LogP contribution in [0, 0.1) is 39.2 Å². The molecule has 0 bridgehead atoms. The molecule has 1 amide bonds. The summed E-state index contributed by atoms with van der Waals surface area (Å²) in [6.07, 6.45) is 0. The number of ether oxygens (including phenoxy) is 1. The van der Waals surface area contributed by atoms with E-state index in [1.807, 2.05) is 52.8 Å². The number of methoxy groups -OCH3 is 1. The van der Waals surface area contributed by atoms with Crippen molar-refractivity contribution in [3.8, 4) is 0 Å². The van der Waals surface area contributed by atoms with E-state index in [9.17, 15) is 4.79 Å². The molecule has 0 aliphatic rings. The third-order valence-corrected chi connectivity index (χ3v) is 2.85. The zero-order valence-electron chi connectivity index (χ0n) is 15.3. The largest absolute Gasteiger partial charge is 0 e. The van der Waals surface area contributed by atoms with Gasteiger partial charge in [0.2, 0.25) is 5.91 Å². The number of rotatable bonds is 3. The monoisotopic (exact) mass is 385 g/mol. The summed E-state index contributed by atoms with van der Waals surface area (Å²) in [5.41, 5.74) is 2.71. The molecule has 0 spiro atoms. The molecule has 0 heterocycles. The molecule has 0 unspecified atom stereocenters. The van der Waals surface area contributed by atoms with Crippen molar-refractivity contribution in [1.29, 1.82) is 0 Å². The van der Waals surface area contributed by atoms with Crippen LogP contribution in [0.4, 0.5) is 5.69 Å². The van der Waals surface area contributed by atoms with Crippen LogP contribution in [-0.2, 0) is 40.8 Å². The summed E-state index contributed by atoms with van der Waals surface area (Å²) in [5.74, 6) is 0.0711. The van der Waals surface area contributed by atoms with E-state index in [1.54, 1.807) is 12.0 Å². The number of nitrogens with zero attached hydrogens (tertiary/aromatic N) is 1. The number of carbonyl (C=O) groups is 1. The number of benzene rings is 1. The maximum atomic E-state index is 12.5. The van der Waals surface area contributed by atoms with Crippen molar-refractivity contribution in [3.05, 3.63) is 49.3 Å². The van der Waals surface area contributed by atoms with Crippen molar-refractivity contribution >= 4 is 11.6 Å². The number of carbonyl (C=O) groups excluding carboxylic acids is 1. The van der Waals surface area contributed by atoms with E-state index in [1.165, 1.54) is 0 Å². The summed E-state index contributed by atoms with van der Waals surface area (Å²) in [4.78, 5) is 14.2. The van der Waals surface area contributed by atoms with Crippen LogP contribution in [-0.4, -0.2) is 19.7 Å². The van der Waals surface area contributed by atoms with E-state index < -0.39 is 5.41 Å². The summed E-state index contributed by atoms with van der Waals surface area (Å²) in [5, 5.41) is 0. The molecule has 0 saturated carbocycles. The third-order valence-electron chi connectivity index (χ3n) is 2.85. The maximum Gasteiger partial charge on any atom is 0 e. The zero-order valence-corrected chi connectivity index (χ0v) is 16.6. The maximum absolute atomic E-state index is 12.5. The Balaban J connectivity index is -0.000000284. The van der Waals surface area contributed by atoms with Crippen LogP contribution in [0.15, 0.2) is 18.2 Å². The van der Waals surface area contributed by atoms with Gasteiger partial charge in [-0.2, -0.15) is 0 Å². The molecule has 7 heteroatoms. The van der Waals surface area contributed by atoms with Gasteiger partial charge in [0, 0.05) is 29.9 Å². The smallest absolute Gasteiger partial charge is 0 e. The van der Waals surface area contributed by atoms with Gasteiger partial charge in [-0.15, -0.1) is 0 Å². The van der Waals surface area contributed by atoms with Crippen molar-refractivity contribution in [3.63, 3.8) is 0 Å². The Morgan fingerprint density at radius 3 is 1.68 bits per heavy atom. The number of anilines is 1. The first-order valence-corrected chi connectivity index (χ1v) is 6.77. The Hall–Kier alpha value is -1.60. The first-order valence-electron chi connectivity index (χ1n) is 6.77. The molecule has 0 radical (unpaired) electrons. The first-order chi connectivity index (χ1) is 11.3. The minimum atomic E-state index is -0.423. The van der Waals surface area contributed by atoms with Gasteiger partial charge in [0.15, 0.2) is 0 Å². The van der Waals surface area contributed by atoms with E-state index in [0.29, 0.717) is 0 Å². The molecule has 1 aromatic carbocycles. The van der Waals surface area contributed by atoms with Crippen LogP contribution in [0.2, 0.25) is 0 Å². The molecule has 0 aromatic heterocycles. The van der Waals surface area contributed by atoms with Gasteiger partial charge in [-0.1, -0.05) is 39.0 Å². The summed E-state index contributed by atoms with van der Waals surface area (Å²) in [6.45, 7) is 23.6. The molecule has 0 aliphatic carbocycles. The van der Waals surface area contributed by atoms with Crippen molar-refractivity contribution in [2.75, 3.05) is 18.7 Å². The predicted molar refractivity (Wildman–Crippen MR) is 86.5 cm³/mol. The van der Waals surface area contributed by atoms with Gasteiger partial charge in [0.1, 0.15) is 6.73 Å².